The summed E-state index contributed by atoms with van der Waals surface area (Å²) in [5.41, 5.74) is 0.766. The van der Waals surface area contributed by atoms with Crippen LogP contribution in [-0.4, -0.2) is 63.8 Å². The maximum Gasteiger partial charge on any atom is 0.338 e. The van der Waals surface area contributed by atoms with Gasteiger partial charge in [-0.3, -0.25) is 19.2 Å². The van der Waals surface area contributed by atoms with Crippen molar-refractivity contribution in [2.45, 2.75) is 18.9 Å². The van der Waals surface area contributed by atoms with Gasteiger partial charge in [-0.2, -0.15) is 5.10 Å². The molecule has 0 aliphatic carbocycles. The Balaban J connectivity index is 1.38. The van der Waals surface area contributed by atoms with Gasteiger partial charge in [0.25, 0.3) is 5.91 Å². The molecule has 0 atom stereocenters. The summed E-state index contributed by atoms with van der Waals surface area (Å²) in [5, 5.41) is 13.1. The third-order valence-corrected chi connectivity index (χ3v) is 5.14. The molecule has 0 spiro atoms. The number of carbonyl (C=O) groups is 3. The van der Waals surface area contributed by atoms with Crippen LogP contribution in [0.5, 0.6) is 5.75 Å². The van der Waals surface area contributed by atoms with Crippen LogP contribution in [0.4, 0.5) is 5.69 Å². The molecule has 1 N–H and O–H groups in total. The first-order chi connectivity index (χ1) is 13.5. The van der Waals surface area contributed by atoms with Crippen LogP contribution in [0.25, 0.3) is 0 Å². The molecule has 0 radical (unpaired) electrons. The number of piperidine rings is 1. The minimum absolute atomic E-state index is 0.0190. The van der Waals surface area contributed by atoms with Gasteiger partial charge in [-0.15, -0.1) is 0 Å². The minimum atomic E-state index is -1.01. The molecule has 2 aliphatic heterocycles. The van der Waals surface area contributed by atoms with Gasteiger partial charge in [-0.05, 0) is 25.0 Å². The number of rotatable bonds is 4. The lowest BCUT2D eigenvalue weighted by atomic mass is 10.1. The lowest BCUT2D eigenvalue weighted by molar-refractivity contribution is -0.133. The fourth-order valence-electron chi connectivity index (χ4n) is 3.59. The molecule has 9 nitrogen and oxygen atoms in total. The van der Waals surface area contributed by atoms with E-state index in [-0.39, 0.29) is 36.6 Å². The Kier molecular flexibility index (Phi) is 4.72. The van der Waals surface area contributed by atoms with Crippen molar-refractivity contribution in [3.63, 3.8) is 0 Å². The third kappa shape index (κ3) is 3.42. The number of ether oxygens (including phenoxy) is 1. The number of amides is 2. The second kappa shape index (κ2) is 7.34. The smallest absolute Gasteiger partial charge is 0.338 e. The van der Waals surface area contributed by atoms with Crippen molar-refractivity contribution >= 4 is 23.5 Å². The summed E-state index contributed by atoms with van der Waals surface area (Å²) < 4.78 is 7.07. The van der Waals surface area contributed by atoms with E-state index in [1.165, 1.54) is 17.3 Å². The highest BCUT2D eigenvalue weighted by molar-refractivity contribution is 6.02. The first kappa shape index (κ1) is 18.0. The molecule has 1 saturated heterocycles. The van der Waals surface area contributed by atoms with Crippen LogP contribution in [0, 0.1) is 0 Å². The summed E-state index contributed by atoms with van der Waals surface area (Å²) in [7, 11) is 0. The van der Waals surface area contributed by atoms with Gasteiger partial charge < -0.3 is 14.7 Å². The Bertz CT molecular complexity index is 917. The van der Waals surface area contributed by atoms with Crippen LogP contribution in [0.3, 0.4) is 0 Å². The molecule has 1 fully saturated rings. The lowest BCUT2D eigenvalue weighted by Gasteiger charge is -2.35. The van der Waals surface area contributed by atoms with Gasteiger partial charge in [0.15, 0.2) is 6.61 Å². The maximum atomic E-state index is 12.7. The van der Waals surface area contributed by atoms with Crippen LogP contribution < -0.4 is 9.64 Å². The van der Waals surface area contributed by atoms with Crippen LogP contribution >= 0.6 is 0 Å². The van der Waals surface area contributed by atoms with Gasteiger partial charge in [0, 0.05) is 19.3 Å². The van der Waals surface area contributed by atoms with Crippen molar-refractivity contribution in [1.29, 1.82) is 0 Å². The maximum absolute atomic E-state index is 12.7. The molecule has 2 aromatic rings. The first-order valence-electron chi connectivity index (χ1n) is 9.10. The number of hydrogen-bond donors (Lipinski definition) is 1. The molecule has 2 amide bonds. The number of para-hydroxylation sites is 2. The number of hydrogen-bond acceptors (Lipinski definition) is 5. The number of likely N-dealkylation sites (tertiary alicyclic amines) is 1. The Morgan fingerprint density at radius 3 is 2.68 bits per heavy atom. The molecule has 1 aromatic carbocycles. The molecule has 9 heteroatoms. The van der Waals surface area contributed by atoms with Crippen LogP contribution in [0.2, 0.25) is 0 Å². The molecule has 0 bridgehead atoms. The number of carboxylic acid groups (broad SMARTS) is 1. The molecule has 0 saturated carbocycles. The molecular weight excluding hydrogens is 364 g/mol. The highest BCUT2D eigenvalue weighted by Crippen LogP contribution is 2.31. The summed E-state index contributed by atoms with van der Waals surface area (Å²) in [6.07, 6.45) is 4.22. The van der Waals surface area contributed by atoms with Crippen LogP contribution in [0.1, 0.15) is 29.2 Å². The summed E-state index contributed by atoms with van der Waals surface area (Å²) in [4.78, 5) is 39.2. The van der Waals surface area contributed by atoms with Crippen molar-refractivity contribution in [2.24, 2.45) is 0 Å². The van der Waals surface area contributed by atoms with Crippen LogP contribution in [-0.2, 0) is 9.59 Å². The van der Waals surface area contributed by atoms with E-state index in [0.717, 1.165) is 0 Å². The average molecular weight is 384 g/mol. The lowest BCUT2D eigenvalue weighted by Crippen LogP contribution is -2.48. The van der Waals surface area contributed by atoms with E-state index in [2.05, 4.69) is 5.10 Å². The van der Waals surface area contributed by atoms with E-state index >= 15 is 0 Å². The quantitative estimate of drug-likeness (QED) is 0.848. The zero-order chi connectivity index (χ0) is 19.7. The zero-order valence-electron chi connectivity index (χ0n) is 15.2. The van der Waals surface area contributed by atoms with Crippen molar-refractivity contribution in [3.05, 3.63) is 42.2 Å². The number of aromatic carboxylic acids is 1. The van der Waals surface area contributed by atoms with Gasteiger partial charge in [0.2, 0.25) is 5.91 Å². The molecular formula is C19H20N4O5. The van der Waals surface area contributed by atoms with E-state index in [9.17, 15) is 14.4 Å². The Morgan fingerprint density at radius 1 is 1.21 bits per heavy atom. The molecule has 28 heavy (non-hydrogen) atoms. The minimum Gasteiger partial charge on any atom is -0.482 e. The number of carbonyl (C=O) groups excluding carboxylic acids is 2. The Labute approximate surface area is 161 Å². The van der Waals surface area contributed by atoms with E-state index in [1.807, 2.05) is 6.07 Å². The van der Waals surface area contributed by atoms with Crippen molar-refractivity contribution in [1.82, 2.24) is 14.7 Å². The van der Waals surface area contributed by atoms with E-state index < -0.39 is 5.97 Å². The largest absolute Gasteiger partial charge is 0.482 e. The molecule has 1 aromatic heterocycles. The summed E-state index contributed by atoms with van der Waals surface area (Å²) >= 11 is 0. The fraction of sp³-hybridized carbons (Fsp3) is 0.368. The number of carboxylic acids is 1. The van der Waals surface area contributed by atoms with E-state index in [1.54, 1.807) is 27.8 Å². The monoisotopic (exact) mass is 384 g/mol. The first-order valence-corrected chi connectivity index (χ1v) is 9.10. The highest BCUT2D eigenvalue weighted by Gasteiger charge is 2.30. The van der Waals surface area contributed by atoms with Gasteiger partial charge in [0.05, 0.1) is 23.5 Å². The number of anilines is 1. The average Bonchev–Trinajstić information content (AvgIpc) is 3.21. The van der Waals surface area contributed by atoms with Crippen molar-refractivity contribution in [2.75, 3.05) is 31.1 Å². The molecule has 4 rings (SSSR count). The Morgan fingerprint density at radius 2 is 1.96 bits per heavy atom. The van der Waals surface area contributed by atoms with Gasteiger partial charge in [-0.1, -0.05) is 12.1 Å². The third-order valence-electron chi connectivity index (χ3n) is 5.14. The topological polar surface area (TPSA) is 105 Å². The second-order valence-electron chi connectivity index (χ2n) is 6.86. The summed E-state index contributed by atoms with van der Waals surface area (Å²) in [6.45, 7) is 0.976. The number of benzene rings is 1. The fourth-order valence-corrected chi connectivity index (χ4v) is 3.59. The van der Waals surface area contributed by atoms with Gasteiger partial charge >= 0.3 is 5.97 Å². The van der Waals surface area contributed by atoms with Crippen LogP contribution in [0.15, 0.2) is 36.7 Å². The van der Waals surface area contributed by atoms with Crippen molar-refractivity contribution < 1.29 is 24.2 Å². The predicted octanol–water partition coefficient (Wildman–Crippen LogP) is 1.17. The zero-order valence-corrected chi connectivity index (χ0v) is 15.2. The normalized spacial score (nSPS) is 17.2. The summed E-state index contributed by atoms with van der Waals surface area (Å²) in [6, 6.07) is 7.23. The molecule has 146 valence electrons. The number of nitrogens with zero attached hydrogens (tertiary/aromatic N) is 4. The molecule has 0 unspecified atom stereocenters. The van der Waals surface area contributed by atoms with Crippen molar-refractivity contribution in [3.8, 4) is 5.75 Å². The molecule has 3 heterocycles. The SMILES string of the molecule is O=C(O)c1cnn(C2CCN(C(=O)CN3C(=O)COc4ccccc43)CC2)c1. The Hall–Kier alpha value is -3.36. The van der Waals surface area contributed by atoms with Gasteiger partial charge in [0.1, 0.15) is 12.3 Å². The summed E-state index contributed by atoms with van der Waals surface area (Å²) in [5.74, 6) is -0.759. The van der Waals surface area contributed by atoms with E-state index in [4.69, 9.17) is 9.84 Å². The van der Waals surface area contributed by atoms with Gasteiger partial charge in [-0.25, -0.2) is 4.79 Å². The molecule has 2 aliphatic rings. The second-order valence-corrected chi connectivity index (χ2v) is 6.86. The highest BCUT2D eigenvalue weighted by atomic mass is 16.5. The number of fused-ring (bicyclic) bond motifs is 1. The predicted molar refractivity (Wildman–Crippen MR) is 98.3 cm³/mol. The van der Waals surface area contributed by atoms with E-state index in [0.29, 0.717) is 37.4 Å². The standard InChI is InChI=1S/C19H20N4O5/c24-17(11-22-15-3-1-2-4-16(15)28-12-18(22)25)21-7-5-14(6-8-21)23-10-13(9-20-23)19(26)27/h1-4,9-10,14H,5-8,11-12H2,(H,26,27). The number of aromatic nitrogens is 2.